The Kier molecular flexibility index (Phi) is 5.61. The van der Waals surface area contributed by atoms with Crippen molar-refractivity contribution >= 4 is 15.9 Å². The van der Waals surface area contributed by atoms with Gasteiger partial charge in [-0.3, -0.25) is 4.79 Å². The summed E-state index contributed by atoms with van der Waals surface area (Å²) >= 11 is 0. The van der Waals surface area contributed by atoms with Crippen molar-refractivity contribution in [2.75, 3.05) is 33.3 Å². The third-order valence-electron chi connectivity index (χ3n) is 4.43. The Bertz CT molecular complexity index is 1010. The molecule has 1 aliphatic rings. The van der Waals surface area contributed by atoms with E-state index in [1.807, 2.05) is 0 Å². The van der Waals surface area contributed by atoms with Crippen LogP contribution in [-0.2, 0) is 10.0 Å². The van der Waals surface area contributed by atoms with Gasteiger partial charge in [0.15, 0.2) is 0 Å². The Labute approximate surface area is 160 Å². The molecule has 0 saturated carbocycles. The topological polar surface area (TPSA) is 66.9 Å². The van der Waals surface area contributed by atoms with Gasteiger partial charge in [-0.1, -0.05) is 0 Å². The smallest absolute Gasteiger partial charge is 0.257 e. The quantitative estimate of drug-likeness (QED) is 0.770. The third kappa shape index (κ3) is 3.83. The minimum absolute atomic E-state index is 0.00860. The number of piperazine rings is 1. The van der Waals surface area contributed by atoms with Crippen LogP contribution in [0.5, 0.6) is 5.75 Å². The summed E-state index contributed by atoms with van der Waals surface area (Å²) in [4.78, 5) is 13.3. The molecular weight excluding hydrogens is 397 g/mol. The molecule has 2 aromatic rings. The van der Waals surface area contributed by atoms with Gasteiger partial charge in [0.1, 0.15) is 28.1 Å². The van der Waals surface area contributed by atoms with E-state index in [2.05, 4.69) is 0 Å². The number of hydrogen-bond donors (Lipinski definition) is 0. The second-order valence-corrected chi connectivity index (χ2v) is 8.02. The van der Waals surface area contributed by atoms with Gasteiger partial charge in [-0.25, -0.2) is 21.6 Å². The van der Waals surface area contributed by atoms with Crippen LogP contribution >= 0.6 is 0 Å². The van der Waals surface area contributed by atoms with E-state index in [1.165, 1.54) is 18.1 Å². The van der Waals surface area contributed by atoms with Gasteiger partial charge in [0.05, 0.1) is 12.7 Å². The fourth-order valence-electron chi connectivity index (χ4n) is 2.96. The van der Waals surface area contributed by atoms with Crippen molar-refractivity contribution in [3.63, 3.8) is 0 Å². The molecule has 0 unspecified atom stereocenters. The van der Waals surface area contributed by atoms with Crippen molar-refractivity contribution in [2.24, 2.45) is 0 Å². The minimum Gasteiger partial charge on any atom is -0.496 e. The van der Waals surface area contributed by atoms with Crippen LogP contribution < -0.4 is 4.74 Å². The van der Waals surface area contributed by atoms with Gasteiger partial charge in [-0.15, -0.1) is 0 Å². The number of methoxy groups -OCH3 is 1. The SMILES string of the molecule is COc1ccc(F)cc1C(=O)N1CCN(S(=O)(=O)c2cc(F)ccc2F)CC1. The van der Waals surface area contributed by atoms with Gasteiger partial charge in [0.25, 0.3) is 5.91 Å². The lowest BCUT2D eigenvalue weighted by atomic mass is 10.1. The number of amides is 1. The first kappa shape index (κ1) is 20.2. The summed E-state index contributed by atoms with van der Waals surface area (Å²) < 4.78 is 72.0. The summed E-state index contributed by atoms with van der Waals surface area (Å²) in [5, 5.41) is 0. The van der Waals surface area contributed by atoms with E-state index in [-0.39, 0.29) is 37.5 Å². The van der Waals surface area contributed by atoms with Crippen LogP contribution in [0.3, 0.4) is 0 Å². The van der Waals surface area contributed by atoms with Gasteiger partial charge < -0.3 is 9.64 Å². The Balaban J connectivity index is 1.77. The van der Waals surface area contributed by atoms with E-state index in [0.29, 0.717) is 6.07 Å². The zero-order valence-corrected chi connectivity index (χ0v) is 15.7. The van der Waals surface area contributed by atoms with E-state index in [9.17, 15) is 26.4 Å². The molecule has 28 heavy (non-hydrogen) atoms. The molecule has 0 spiro atoms. The minimum atomic E-state index is -4.25. The van der Waals surface area contributed by atoms with Crippen LogP contribution in [0.15, 0.2) is 41.3 Å². The van der Waals surface area contributed by atoms with Crippen LogP contribution in [0.25, 0.3) is 0 Å². The summed E-state index contributed by atoms with van der Waals surface area (Å²) in [6.07, 6.45) is 0. The largest absolute Gasteiger partial charge is 0.496 e. The van der Waals surface area contributed by atoms with Crippen LogP contribution in [0.2, 0.25) is 0 Å². The summed E-state index contributed by atoms with van der Waals surface area (Å²) in [6.45, 7) is -0.202. The fourth-order valence-corrected chi connectivity index (χ4v) is 4.46. The molecule has 0 atom stereocenters. The maximum atomic E-state index is 13.9. The van der Waals surface area contributed by atoms with Crippen LogP contribution in [-0.4, -0.2) is 56.8 Å². The molecule has 1 heterocycles. The number of hydrogen-bond acceptors (Lipinski definition) is 4. The predicted molar refractivity (Wildman–Crippen MR) is 94.0 cm³/mol. The second kappa shape index (κ2) is 7.80. The number of rotatable bonds is 4. The molecular formula is C18H17F3N2O4S. The molecule has 0 aliphatic carbocycles. The standard InChI is InChI=1S/C18H17F3N2O4S/c1-27-16-5-3-12(19)10-14(16)18(24)22-6-8-23(9-7-22)28(25,26)17-11-13(20)2-4-15(17)21/h2-5,10-11H,6-9H2,1H3. The highest BCUT2D eigenvalue weighted by Crippen LogP contribution is 2.24. The Morgan fingerprint density at radius 3 is 2.21 bits per heavy atom. The number of ether oxygens (including phenoxy) is 1. The normalized spacial score (nSPS) is 15.5. The maximum Gasteiger partial charge on any atom is 0.257 e. The summed E-state index contributed by atoms with van der Waals surface area (Å²) in [5.41, 5.74) is 0.0231. The molecule has 0 radical (unpaired) electrons. The first-order valence-corrected chi connectivity index (χ1v) is 9.76. The van der Waals surface area contributed by atoms with Gasteiger partial charge >= 0.3 is 0 Å². The van der Waals surface area contributed by atoms with Gasteiger partial charge in [-0.05, 0) is 36.4 Å². The number of nitrogens with zero attached hydrogens (tertiary/aromatic N) is 2. The van der Waals surface area contributed by atoms with Crippen molar-refractivity contribution in [3.8, 4) is 5.75 Å². The molecule has 0 aromatic heterocycles. The van der Waals surface area contributed by atoms with E-state index < -0.39 is 38.3 Å². The number of sulfonamides is 1. The molecule has 6 nitrogen and oxygen atoms in total. The molecule has 150 valence electrons. The predicted octanol–water partition coefficient (Wildman–Crippen LogP) is 2.26. The number of halogens is 3. The van der Waals surface area contributed by atoms with E-state index in [1.54, 1.807) is 0 Å². The maximum absolute atomic E-state index is 13.9. The molecule has 10 heteroatoms. The van der Waals surface area contributed by atoms with Crippen LogP contribution in [0.1, 0.15) is 10.4 Å². The molecule has 1 fully saturated rings. The first-order valence-electron chi connectivity index (χ1n) is 8.32. The van der Waals surface area contributed by atoms with Crippen molar-refractivity contribution in [2.45, 2.75) is 4.90 Å². The number of carbonyl (C=O) groups excluding carboxylic acids is 1. The zero-order chi connectivity index (χ0) is 20.5. The highest BCUT2D eigenvalue weighted by molar-refractivity contribution is 7.89. The van der Waals surface area contributed by atoms with Crippen molar-refractivity contribution < 1.29 is 31.1 Å². The lowest BCUT2D eigenvalue weighted by molar-refractivity contribution is 0.0694. The number of benzene rings is 2. The molecule has 1 saturated heterocycles. The first-order chi connectivity index (χ1) is 13.2. The molecule has 1 amide bonds. The molecule has 0 N–H and O–H groups in total. The van der Waals surface area contributed by atoms with E-state index >= 15 is 0 Å². The lowest BCUT2D eigenvalue weighted by Gasteiger charge is -2.34. The Morgan fingerprint density at radius 2 is 1.57 bits per heavy atom. The number of carbonyl (C=O) groups is 1. The molecule has 1 aliphatic heterocycles. The van der Waals surface area contributed by atoms with Crippen LogP contribution in [0.4, 0.5) is 13.2 Å². The molecule has 3 rings (SSSR count). The average Bonchev–Trinajstić information content (AvgIpc) is 2.69. The Morgan fingerprint density at radius 1 is 0.964 bits per heavy atom. The fraction of sp³-hybridized carbons (Fsp3) is 0.278. The highest BCUT2D eigenvalue weighted by Gasteiger charge is 2.33. The molecule has 0 bridgehead atoms. The summed E-state index contributed by atoms with van der Waals surface area (Å²) in [6, 6.07) is 5.74. The van der Waals surface area contributed by atoms with Crippen molar-refractivity contribution in [3.05, 3.63) is 59.4 Å². The second-order valence-electron chi connectivity index (χ2n) is 6.12. The zero-order valence-electron chi connectivity index (χ0n) is 14.9. The van der Waals surface area contributed by atoms with Gasteiger partial charge in [0.2, 0.25) is 10.0 Å². The van der Waals surface area contributed by atoms with Crippen molar-refractivity contribution in [1.82, 2.24) is 9.21 Å². The summed E-state index contributed by atoms with van der Waals surface area (Å²) in [7, 11) is -2.90. The molecule has 2 aromatic carbocycles. The lowest BCUT2D eigenvalue weighted by Crippen LogP contribution is -2.50. The van der Waals surface area contributed by atoms with Crippen LogP contribution in [0, 0.1) is 17.5 Å². The van der Waals surface area contributed by atoms with Gasteiger partial charge in [-0.2, -0.15) is 4.31 Å². The third-order valence-corrected chi connectivity index (χ3v) is 6.34. The average molecular weight is 414 g/mol. The van der Waals surface area contributed by atoms with E-state index in [4.69, 9.17) is 4.74 Å². The highest BCUT2D eigenvalue weighted by atomic mass is 32.2. The summed E-state index contributed by atoms with van der Waals surface area (Å²) in [5.74, 6) is -2.84. The van der Waals surface area contributed by atoms with Gasteiger partial charge in [0, 0.05) is 26.2 Å². The van der Waals surface area contributed by atoms with Crippen molar-refractivity contribution in [1.29, 1.82) is 0 Å². The Hall–Kier alpha value is -2.59. The van der Waals surface area contributed by atoms with E-state index in [0.717, 1.165) is 28.6 Å². The monoisotopic (exact) mass is 414 g/mol.